The number of hydrogen-bond donors (Lipinski definition) is 0. The summed E-state index contributed by atoms with van der Waals surface area (Å²) in [5.74, 6) is -0.0378. The molecule has 0 fully saturated rings. The number of carbonyl (C=O) groups excluding carboxylic acids is 1. The third kappa shape index (κ3) is 2.32. The summed E-state index contributed by atoms with van der Waals surface area (Å²) in [7, 11) is 0. The van der Waals surface area contributed by atoms with Crippen LogP contribution in [0.2, 0.25) is 0 Å². The average Bonchev–Trinajstić information content (AvgIpc) is 2.04. The fourth-order valence-electron chi connectivity index (χ4n) is 0.844. The molecule has 0 radical (unpaired) electrons. The Hall–Kier alpha value is -0.340. The first-order valence-corrected chi connectivity index (χ1v) is 4.78. The van der Waals surface area contributed by atoms with Crippen molar-refractivity contribution in [1.29, 1.82) is 0 Å². The summed E-state index contributed by atoms with van der Waals surface area (Å²) in [6.45, 7) is 1.67. The molecule has 1 unspecified atom stereocenters. The minimum atomic E-state index is -0.453. The van der Waals surface area contributed by atoms with Gasteiger partial charge in [-0.05, 0) is 19.1 Å². The van der Waals surface area contributed by atoms with Crippen LogP contribution in [0.3, 0.4) is 0 Å². The highest BCUT2D eigenvalue weighted by Gasteiger charge is 2.10. The molecule has 0 spiro atoms. The van der Waals surface area contributed by atoms with Gasteiger partial charge in [0.25, 0.3) is 0 Å². The standard InChI is InChI=1S/C9H8BrClO/c1-6(11)9(12)7-2-4-8(10)5-3-7/h2-6H,1H3. The van der Waals surface area contributed by atoms with E-state index in [1.54, 1.807) is 19.1 Å². The molecule has 0 aliphatic carbocycles. The van der Waals surface area contributed by atoms with E-state index in [1.807, 2.05) is 12.1 Å². The topological polar surface area (TPSA) is 17.1 Å². The molecule has 0 bridgehead atoms. The zero-order chi connectivity index (χ0) is 9.14. The van der Waals surface area contributed by atoms with Gasteiger partial charge in [0.05, 0.1) is 5.38 Å². The summed E-state index contributed by atoms with van der Waals surface area (Å²) in [5, 5.41) is -0.453. The van der Waals surface area contributed by atoms with Crippen molar-refractivity contribution in [3.05, 3.63) is 34.3 Å². The predicted molar refractivity (Wildman–Crippen MR) is 53.8 cm³/mol. The van der Waals surface area contributed by atoms with Crippen molar-refractivity contribution >= 4 is 33.3 Å². The zero-order valence-electron chi connectivity index (χ0n) is 6.55. The van der Waals surface area contributed by atoms with Crippen LogP contribution in [0.1, 0.15) is 17.3 Å². The molecule has 64 valence electrons. The summed E-state index contributed by atoms with van der Waals surface area (Å²) in [6, 6.07) is 7.16. The lowest BCUT2D eigenvalue weighted by Gasteiger charge is -2.01. The molecule has 0 saturated carbocycles. The van der Waals surface area contributed by atoms with Crippen LogP contribution in [-0.4, -0.2) is 11.2 Å². The molecule has 0 amide bonds. The Kier molecular flexibility index (Phi) is 3.29. The van der Waals surface area contributed by atoms with Gasteiger partial charge in [-0.15, -0.1) is 11.6 Å². The fraction of sp³-hybridized carbons (Fsp3) is 0.222. The van der Waals surface area contributed by atoms with E-state index in [2.05, 4.69) is 15.9 Å². The Bertz CT molecular complexity index is 279. The number of halogens is 2. The zero-order valence-corrected chi connectivity index (χ0v) is 8.89. The van der Waals surface area contributed by atoms with Crippen LogP contribution in [0.15, 0.2) is 28.7 Å². The highest BCUT2D eigenvalue weighted by Crippen LogP contribution is 2.13. The van der Waals surface area contributed by atoms with E-state index in [0.717, 1.165) is 4.47 Å². The molecular weight excluding hydrogens is 239 g/mol. The molecule has 1 nitrogen and oxygen atoms in total. The molecule has 0 aliphatic rings. The van der Waals surface area contributed by atoms with Crippen molar-refractivity contribution in [2.75, 3.05) is 0 Å². The van der Waals surface area contributed by atoms with E-state index in [9.17, 15) is 4.79 Å². The average molecular weight is 248 g/mol. The van der Waals surface area contributed by atoms with E-state index in [-0.39, 0.29) is 5.78 Å². The van der Waals surface area contributed by atoms with Crippen molar-refractivity contribution < 1.29 is 4.79 Å². The van der Waals surface area contributed by atoms with E-state index in [4.69, 9.17) is 11.6 Å². The number of rotatable bonds is 2. The second-order valence-electron chi connectivity index (χ2n) is 2.49. The summed E-state index contributed by atoms with van der Waals surface area (Å²) >= 11 is 8.93. The Morgan fingerprint density at radius 1 is 1.42 bits per heavy atom. The van der Waals surface area contributed by atoms with Crippen molar-refractivity contribution in [1.82, 2.24) is 0 Å². The van der Waals surface area contributed by atoms with Gasteiger partial charge >= 0.3 is 0 Å². The van der Waals surface area contributed by atoms with Crippen LogP contribution < -0.4 is 0 Å². The molecule has 0 saturated heterocycles. The monoisotopic (exact) mass is 246 g/mol. The van der Waals surface area contributed by atoms with Gasteiger partial charge in [0.2, 0.25) is 0 Å². The largest absolute Gasteiger partial charge is 0.293 e. The maximum atomic E-state index is 11.3. The van der Waals surface area contributed by atoms with Gasteiger partial charge in [-0.25, -0.2) is 0 Å². The number of carbonyl (C=O) groups is 1. The summed E-state index contributed by atoms with van der Waals surface area (Å²) in [5.41, 5.74) is 0.653. The van der Waals surface area contributed by atoms with Gasteiger partial charge in [-0.1, -0.05) is 28.1 Å². The Morgan fingerprint density at radius 2 is 1.92 bits per heavy atom. The molecule has 1 aromatic carbocycles. The number of benzene rings is 1. The van der Waals surface area contributed by atoms with Crippen molar-refractivity contribution in [2.45, 2.75) is 12.3 Å². The smallest absolute Gasteiger partial charge is 0.180 e. The third-order valence-electron chi connectivity index (χ3n) is 1.49. The molecule has 12 heavy (non-hydrogen) atoms. The predicted octanol–water partition coefficient (Wildman–Crippen LogP) is 3.26. The fourth-order valence-corrected chi connectivity index (χ4v) is 1.23. The minimum absolute atomic E-state index is 0.0378. The molecule has 1 atom stereocenters. The van der Waals surface area contributed by atoms with Crippen LogP contribution >= 0.6 is 27.5 Å². The van der Waals surface area contributed by atoms with Crippen LogP contribution in [0, 0.1) is 0 Å². The maximum absolute atomic E-state index is 11.3. The Balaban J connectivity index is 2.90. The van der Waals surface area contributed by atoms with Gasteiger partial charge < -0.3 is 0 Å². The van der Waals surface area contributed by atoms with Crippen LogP contribution in [-0.2, 0) is 0 Å². The van der Waals surface area contributed by atoms with Crippen molar-refractivity contribution in [3.63, 3.8) is 0 Å². The van der Waals surface area contributed by atoms with Crippen LogP contribution in [0.5, 0.6) is 0 Å². The third-order valence-corrected chi connectivity index (χ3v) is 2.22. The second-order valence-corrected chi connectivity index (χ2v) is 4.06. The first-order valence-electron chi connectivity index (χ1n) is 3.55. The molecule has 1 rings (SSSR count). The summed E-state index contributed by atoms with van der Waals surface area (Å²) < 4.78 is 0.960. The lowest BCUT2D eigenvalue weighted by Crippen LogP contribution is -2.09. The normalized spacial score (nSPS) is 12.6. The van der Waals surface area contributed by atoms with Gasteiger partial charge in [0.15, 0.2) is 5.78 Å². The number of Topliss-reactive ketones (excluding diaryl/α,β-unsaturated/α-hetero) is 1. The maximum Gasteiger partial charge on any atom is 0.180 e. The highest BCUT2D eigenvalue weighted by atomic mass is 79.9. The van der Waals surface area contributed by atoms with E-state index in [0.29, 0.717) is 5.56 Å². The summed E-state index contributed by atoms with van der Waals surface area (Å²) in [4.78, 5) is 11.3. The Morgan fingerprint density at radius 3 is 2.33 bits per heavy atom. The first-order chi connectivity index (χ1) is 5.61. The minimum Gasteiger partial charge on any atom is -0.293 e. The molecular formula is C9H8BrClO. The SMILES string of the molecule is CC(Cl)C(=O)c1ccc(Br)cc1. The quantitative estimate of drug-likeness (QED) is 0.579. The number of hydrogen-bond acceptors (Lipinski definition) is 1. The first kappa shape index (κ1) is 9.75. The van der Waals surface area contributed by atoms with Crippen LogP contribution in [0.25, 0.3) is 0 Å². The van der Waals surface area contributed by atoms with Gasteiger partial charge in [-0.3, -0.25) is 4.79 Å². The molecule has 0 aliphatic heterocycles. The van der Waals surface area contributed by atoms with E-state index >= 15 is 0 Å². The molecule has 1 aromatic rings. The van der Waals surface area contributed by atoms with E-state index in [1.165, 1.54) is 0 Å². The van der Waals surface area contributed by atoms with Crippen molar-refractivity contribution in [3.8, 4) is 0 Å². The number of ketones is 1. The lowest BCUT2D eigenvalue weighted by molar-refractivity contribution is 0.0992. The van der Waals surface area contributed by atoms with Crippen LogP contribution in [0.4, 0.5) is 0 Å². The molecule has 3 heteroatoms. The summed E-state index contributed by atoms with van der Waals surface area (Å²) in [6.07, 6.45) is 0. The van der Waals surface area contributed by atoms with Gasteiger partial charge in [0, 0.05) is 10.0 Å². The van der Waals surface area contributed by atoms with E-state index < -0.39 is 5.38 Å². The highest BCUT2D eigenvalue weighted by molar-refractivity contribution is 9.10. The number of alkyl halides is 1. The molecule has 0 N–H and O–H groups in total. The Labute approximate surface area is 84.9 Å². The second kappa shape index (κ2) is 4.06. The van der Waals surface area contributed by atoms with Gasteiger partial charge in [0.1, 0.15) is 0 Å². The lowest BCUT2D eigenvalue weighted by atomic mass is 10.1. The van der Waals surface area contributed by atoms with Crippen molar-refractivity contribution in [2.24, 2.45) is 0 Å². The molecule has 0 aromatic heterocycles. The van der Waals surface area contributed by atoms with Gasteiger partial charge in [-0.2, -0.15) is 0 Å². The molecule has 0 heterocycles.